The van der Waals surface area contributed by atoms with E-state index in [1.165, 1.54) is 12.8 Å². The highest BCUT2D eigenvalue weighted by Crippen LogP contribution is 2.51. The average Bonchev–Trinajstić information content (AvgIpc) is 3.11. The first kappa shape index (κ1) is 13.8. The molecule has 0 atom stereocenters. The summed E-state index contributed by atoms with van der Waals surface area (Å²) < 4.78 is 5.27. The van der Waals surface area contributed by atoms with E-state index < -0.39 is 0 Å². The number of carbonyl (C=O) groups excluding carboxylic acids is 1. The Bertz CT molecular complexity index is 282. The fourth-order valence-corrected chi connectivity index (χ4v) is 2.66. The lowest BCUT2D eigenvalue weighted by molar-refractivity contribution is -0.121. The minimum atomic E-state index is 0.126. The molecule has 1 amide bonds. The molecule has 4 heteroatoms. The largest absolute Gasteiger partial charge is 0.381 e. The normalized spacial score (nSPS) is 23.1. The van der Waals surface area contributed by atoms with Gasteiger partial charge in [-0.3, -0.25) is 4.79 Å². The van der Waals surface area contributed by atoms with Crippen LogP contribution in [0.2, 0.25) is 0 Å². The fraction of sp³-hybridized carbons (Fsp3) is 0.929. The minimum Gasteiger partial charge on any atom is -0.381 e. The van der Waals surface area contributed by atoms with Gasteiger partial charge < -0.3 is 15.4 Å². The summed E-state index contributed by atoms with van der Waals surface area (Å²) in [6.45, 7) is 7.52. The first-order valence-corrected chi connectivity index (χ1v) is 7.20. The molecule has 0 aromatic carbocycles. The summed E-state index contributed by atoms with van der Waals surface area (Å²) in [7, 11) is 0. The van der Waals surface area contributed by atoms with Crippen molar-refractivity contribution in [3.05, 3.63) is 0 Å². The van der Waals surface area contributed by atoms with E-state index in [0.29, 0.717) is 23.9 Å². The van der Waals surface area contributed by atoms with Crippen LogP contribution in [0.3, 0.4) is 0 Å². The molecule has 0 radical (unpaired) electrons. The SMILES string of the molecule is CC(C)C1(CNCC(=O)NC2CCOCC2)CC1. The molecule has 1 aliphatic heterocycles. The van der Waals surface area contributed by atoms with Gasteiger partial charge in [0.2, 0.25) is 5.91 Å². The monoisotopic (exact) mass is 254 g/mol. The van der Waals surface area contributed by atoms with Gasteiger partial charge in [-0.05, 0) is 37.0 Å². The molecular formula is C14H26N2O2. The van der Waals surface area contributed by atoms with Gasteiger partial charge in [0.15, 0.2) is 0 Å². The summed E-state index contributed by atoms with van der Waals surface area (Å²) in [6.07, 6.45) is 4.50. The molecule has 104 valence electrons. The van der Waals surface area contributed by atoms with Crippen molar-refractivity contribution in [2.24, 2.45) is 11.3 Å². The van der Waals surface area contributed by atoms with Crippen LogP contribution >= 0.6 is 0 Å². The van der Waals surface area contributed by atoms with Crippen LogP contribution in [0.5, 0.6) is 0 Å². The van der Waals surface area contributed by atoms with Crippen LogP contribution in [-0.2, 0) is 9.53 Å². The topological polar surface area (TPSA) is 50.4 Å². The van der Waals surface area contributed by atoms with Crippen LogP contribution < -0.4 is 10.6 Å². The van der Waals surface area contributed by atoms with E-state index in [0.717, 1.165) is 32.6 Å². The molecule has 1 saturated carbocycles. The Balaban J connectivity index is 1.60. The molecule has 2 aliphatic rings. The van der Waals surface area contributed by atoms with Gasteiger partial charge in [0, 0.05) is 25.8 Å². The Hall–Kier alpha value is -0.610. The highest BCUT2D eigenvalue weighted by Gasteiger charge is 2.44. The molecule has 0 aromatic heterocycles. The summed E-state index contributed by atoms with van der Waals surface area (Å²) in [6, 6.07) is 0.313. The number of carbonyl (C=O) groups is 1. The van der Waals surface area contributed by atoms with Crippen LogP contribution in [0.1, 0.15) is 39.5 Å². The summed E-state index contributed by atoms with van der Waals surface area (Å²) in [4.78, 5) is 11.8. The number of nitrogens with one attached hydrogen (secondary N) is 2. The Morgan fingerprint density at radius 3 is 2.56 bits per heavy atom. The summed E-state index contributed by atoms with van der Waals surface area (Å²) in [5, 5.41) is 6.39. The van der Waals surface area contributed by atoms with Gasteiger partial charge in [-0.15, -0.1) is 0 Å². The predicted octanol–water partition coefficient (Wildman–Crippen LogP) is 1.31. The van der Waals surface area contributed by atoms with Crippen LogP contribution in [0.15, 0.2) is 0 Å². The third kappa shape index (κ3) is 3.69. The Morgan fingerprint density at radius 1 is 1.33 bits per heavy atom. The zero-order valence-electron chi connectivity index (χ0n) is 11.6. The maximum Gasteiger partial charge on any atom is 0.234 e. The van der Waals surface area contributed by atoms with Crippen LogP contribution in [0.25, 0.3) is 0 Å². The molecule has 0 aromatic rings. The second kappa shape index (κ2) is 6.02. The average molecular weight is 254 g/mol. The first-order valence-electron chi connectivity index (χ1n) is 7.20. The second-order valence-corrected chi connectivity index (χ2v) is 6.07. The fourth-order valence-electron chi connectivity index (χ4n) is 2.66. The predicted molar refractivity (Wildman–Crippen MR) is 71.4 cm³/mol. The zero-order chi connectivity index (χ0) is 13.0. The van der Waals surface area contributed by atoms with Gasteiger partial charge in [-0.1, -0.05) is 13.8 Å². The quantitative estimate of drug-likeness (QED) is 0.751. The van der Waals surface area contributed by atoms with Gasteiger partial charge in [0.05, 0.1) is 6.54 Å². The van der Waals surface area contributed by atoms with Gasteiger partial charge in [-0.25, -0.2) is 0 Å². The molecular weight excluding hydrogens is 228 g/mol. The molecule has 2 fully saturated rings. The van der Waals surface area contributed by atoms with Crippen molar-refractivity contribution < 1.29 is 9.53 Å². The lowest BCUT2D eigenvalue weighted by Crippen LogP contribution is -2.44. The van der Waals surface area contributed by atoms with E-state index in [1.54, 1.807) is 0 Å². The smallest absolute Gasteiger partial charge is 0.234 e. The van der Waals surface area contributed by atoms with Crippen LogP contribution in [-0.4, -0.2) is 38.3 Å². The van der Waals surface area contributed by atoms with Crippen LogP contribution in [0.4, 0.5) is 0 Å². The molecule has 0 spiro atoms. The summed E-state index contributed by atoms with van der Waals surface area (Å²) >= 11 is 0. The lowest BCUT2D eigenvalue weighted by atomic mass is 9.92. The van der Waals surface area contributed by atoms with Crippen LogP contribution in [0, 0.1) is 11.3 Å². The molecule has 1 aliphatic carbocycles. The zero-order valence-corrected chi connectivity index (χ0v) is 11.6. The number of hydrogen-bond acceptors (Lipinski definition) is 3. The van der Waals surface area contributed by atoms with E-state index in [4.69, 9.17) is 4.74 Å². The molecule has 0 unspecified atom stereocenters. The highest BCUT2D eigenvalue weighted by molar-refractivity contribution is 5.78. The highest BCUT2D eigenvalue weighted by atomic mass is 16.5. The van der Waals surface area contributed by atoms with Crippen molar-refractivity contribution >= 4 is 5.91 Å². The molecule has 1 heterocycles. The Kier molecular flexibility index (Phi) is 4.62. The number of hydrogen-bond donors (Lipinski definition) is 2. The molecule has 4 nitrogen and oxygen atoms in total. The first-order chi connectivity index (χ1) is 8.62. The van der Waals surface area contributed by atoms with E-state index in [2.05, 4.69) is 24.5 Å². The van der Waals surface area contributed by atoms with Gasteiger partial charge in [0.1, 0.15) is 0 Å². The number of rotatable bonds is 6. The third-order valence-electron chi connectivity index (χ3n) is 4.47. The van der Waals surface area contributed by atoms with E-state index in [1.807, 2.05) is 0 Å². The molecule has 18 heavy (non-hydrogen) atoms. The Labute approximate surface area is 110 Å². The van der Waals surface area contributed by atoms with Gasteiger partial charge >= 0.3 is 0 Å². The molecule has 2 rings (SSSR count). The molecule has 1 saturated heterocycles. The lowest BCUT2D eigenvalue weighted by Gasteiger charge is -2.24. The second-order valence-electron chi connectivity index (χ2n) is 6.07. The van der Waals surface area contributed by atoms with Crippen molar-refractivity contribution in [2.45, 2.75) is 45.6 Å². The maximum atomic E-state index is 11.8. The van der Waals surface area contributed by atoms with Gasteiger partial charge in [0.25, 0.3) is 0 Å². The molecule has 2 N–H and O–H groups in total. The van der Waals surface area contributed by atoms with E-state index >= 15 is 0 Å². The third-order valence-corrected chi connectivity index (χ3v) is 4.47. The van der Waals surface area contributed by atoms with Crippen molar-refractivity contribution in [3.63, 3.8) is 0 Å². The Morgan fingerprint density at radius 2 is 2.00 bits per heavy atom. The van der Waals surface area contributed by atoms with E-state index in [-0.39, 0.29) is 5.91 Å². The number of amides is 1. The summed E-state index contributed by atoms with van der Waals surface area (Å²) in [5.41, 5.74) is 0.471. The summed E-state index contributed by atoms with van der Waals surface area (Å²) in [5.74, 6) is 0.838. The van der Waals surface area contributed by atoms with Crippen molar-refractivity contribution in [1.82, 2.24) is 10.6 Å². The van der Waals surface area contributed by atoms with Crippen molar-refractivity contribution in [3.8, 4) is 0 Å². The maximum absolute atomic E-state index is 11.8. The van der Waals surface area contributed by atoms with E-state index in [9.17, 15) is 4.79 Å². The minimum absolute atomic E-state index is 0.126. The van der Waals surface area contributed by atoms with Crippen molar-refractivity contribution in [1.29, 1.82) is 0 Å². The van der Waals surface area contributed by atoms with Gasteiger partial charge in [-0.2, -0.15) is 0 Å². The molecule has 0 bridgehead atoms. The number of ether oxygens (including phenoxy) is 1. The van der Waals surface area contributed by atoms with Crippen molar-refractivity contribution in [2.75, 3.05) is 26.3 Å². The standard InChI is InChI=1S/C14H26N2O2/c1-11(2)14(5-6-14)10-15-9-13(17)16-12-3-7-18-8-4-12/h11-12,15H,3-10H2,1-2H3,(H,16,17).